The Morgan fingerprint density at radius 3 is 2.17 bits per heavy atom. The molecule has 12 heavy (non-hydrogen) atoms. The van der Waals surface area contributed by atoms with Crippen molar-refractivity contribution in [1.29, 1.82) is 0 Å². The largest absolute Gasteiger partial charge is 0.516 e. The third kappa shape index (κ3) is 2.62. The maximum Gasteiger partial charge on any atom is 0.345 e. The van der Waals surface area contributed by atoms with E-state index in [4.69, 9.17) is 13.9 Å². The molecule has 0 spiro atoms. The van der Waals surface area contributed by atoms with E-state index in [1.54, 1.807) is 7.11 Å². The Labute approximate surface area is 76.5 Å². The highest BCUT2D eigenvalue weighted by Crippen LogP contribution is 2.18. The fraction of sp³-hybridized carbons (Fsp3) is 0.500. The van der Waals surface area contributed by atoms with Crippen molar-refractivity contribution in [2.45, 2.75) is 13.3 Å². The van der Waals surface area contributed by atoms with Gasteiger partial charge in [0.05, 0.1) is 19.8 Å². The highest BCUT2D eigenvalue weighted by Gasteiger charge is 2.09. The molecule has 3 nitrogen and oxygen atoms in total. The lowest BCUT2D eigenvalue weighted by Gasteiger charge is -2.12. The molecule has 67 valence electrons. The second-order valence-electron chi connectivity index (χ2n) is 2.05. The minimum atomic E-state index is 0.376. The Kier molecular flexibility index (Phi) is 5.28. The fourth-order valence-corrected chi connectivity index (χ4v) is 1.01. The van der Waals surface area contributed by atoms with Crippen molar-refractivity contribution in [3.8, 4) is 0 Å². The molecule has 0 aromatic heterocycles. The van der Waals surface area contributed by atoms with Crippen molar-refractivity contribution in [2.75, 3.05) is 14.2 Å². The van der Waals surface area contributed by atoms with Gasteiger partial charge in [-0.3, -0.25) is 0 Å². The zero-order chi connectivity index (χ0) is 9.56. The molecule has 0 fully saturated rings. The highest BCUT2D eigenvalue weighted by atomic mass is 28.2. The molecule has 4 heteroatoms. The molecular weight excluding hydrogens is 172 g/mol. The summed E-state index contributed by atoms with van der Waals surface area (Å²) < 4.78 is 14.7. The van der Waals surface area contributed by atoms with Gasteiger partial charge in [0.2, 0.25) is 0 Å². The van der Waals surface area contributed by atoms with E-state index in [1.165, 1.54) is 7.11 Å². The number of methoxy groups -OCH3 is 2. The van der Waals surface area contributed by atoms with Crippen LogP contribution in [0.3, 0.4) is 0 Å². The van der Waals surface area contributed by atoms with Crippen LogP contribution in [0.5, 0.6) is 0 Å². The summed E-state index contributed by atoms with van der Waals surface area (Å²) in [6.45, 7) is 5.66. The molecule has 0 atom stereocenters. The number of hydrogen-bond donors (Lipinski definition) is 0. The molecule has 0 aliphatic carbocycles. The van der Waals surface area contributed by atoms with Crippen LogP contribution < -0.4 is 0 Å². The van der Waals surface area contributed by atoms with Crippen LogP contribution in [0.2, 0.25) is 0 Å². The van der Waals surface area contributed by atoms with Crippen molar-refractivity contribution in [2.24, 2.45) is 0 Å². The second kappa shape index (κ2) is 5.71. The lowest BCUT2D eigenvalue weighted by atomic mass is 10.2. The highest BCUT2D eigenvalue weighted by molar-refractivity contribution is 5.98. The summed E-state index contributed by atoms with van der Waals surface area (Å²) in [5.74, 6) is 0.925. The van der Waals surface area contributed by atoms with Crippen LogP contribution in [-0.2, 0) is 13.9 Å². The van der Waals surface area contributed by atoms with Crippen molar-refractivity contribution in [1.82, 2.24) is 0 Å². The Morgan fingerprint density at radius 1 is 1.33 bits per heavy atom. The molecule has 0 heterocycles. The Hall–Kier alpha value is -0.903. The molecule has 0 saturated heterocycles. The van der Waals surface area contributed by atoms with Gasteiger partial charge in [0.15, 0.2) is 0 Å². The van der Waals surface area contributed by atoms with E-state index in [0.717, 1.165) is 12.0 Å². The van der Waals surface area contributed by atoms with Crippen LogP contribution in [0.15, 0.2) is 23.9 Å². The van der Waals surface area contributed by atoms with Gasteiger partial charge in [-0.05, 0) is 6.42 Å². The van der Waals surface area contributed by atoms with Gasteiger partial charge < -0.3 is 13.9 Å². The van der Waals surface area contributed by atoms with Gasteiger partial charge in [-0.25, -0.2) is 0 Å². The first-order valence-corrected chi connectivity index (χ1v) is 3.96. The van der Waals surface area contributed by atoms with E-state index in [9.17, 15) is 0 Å². The van der Waals surface area contributed by atoms with Crippen molar-refractivity contribution in [3.63, 3.8) is 0 Å². The third-order valence-corrected chi connectivity index (χ3v) is 1.65. The van der Waals surface area contributed by atoms with Gasteiger partial charge in [0, 0.05) is 0 Å². The fourth-order valence-electron chi connectivity index (χ4n) is 0.805. The Bertz CT molecular complexity index is 181. The van der Waals surface area contributed by atoms with Crippen LogP contribution in [0.1, 0.15) is 13.3 Å². The first-order chi connectivity index (χ1) is 5.71. The van der Waals surface area contributed by atoms with E-state index in [-0.39, 0.29) is 0 Å². The summed E-state index contributed by atoms with van der Waals surface area (Å²) in [5.41, 5.74) is 0.801. The quantitative estimate of drug-likeness (QED) is 0.369. The number of hydrogen-bond acceptors (Lipinski definition) is 3. The first kappa shape index (κ1) is 11.1. The molecule has 0 amide bonds. The summed E-state index contributed by atoms with van der Waals surface area (Å²) in [6, 6.07) is 0. The van der Waals surface area contributed by atoms with E-state index >= 15 is 0 Å². The smallest absolute Gasteiger partial charge is 0.345 e. The SMILES string of the molecule is C=C(OC)/C(CC)=C(/OC)O[Si]. The molecule has 0 unspecified atom stereocenters. The molecular formula is C8H13O3Si. The Balaban J connectivity index is 4.68. The third-order valence-electron chi connectivity index (χ3n) is 1.46. The average Bonchev–Trinajstić information content (AvgIpc) is 2.12. The predicted octanol–water partition coefficient (Wildman–Crippen LogP) is 1.51. The summed E-state index contributed by atoms with van der Waals surface area (Å²) in [7, 11) is 5.96. The second-order valence-corrected chi connectivity index (χ2v) is 2.26. The van der Waals surface area contributed by atoms with Gasteiger partial charge in [-0.1, -0.05) is 13.5 Å². The van der Waals surface area contributed by atoms with Crippen LogP contribution in [0.25, 0.3) is 0 Å². The van der Waals surface area contributed by atoms with Crippen molar-refractivity contribution >= 4 is 10.5 Å². The summed E-state index contributed by atoms with van der Waals surface area (Å²) in [6.07, 6.45) is 0.736. The maximum atomic E-state index is 4.95. The zero-order valence-electron chi connectivity index (χ0n) is 7.64. The van der Waals surface area contributed by atoms with E-state index in [1.807, 2.05) is 6.92 Å². The van der Waals surface area contributed by atoms with Crippen LogP contribution >= 0.6 is 0 Å². The van der Waals surface area contributed by atoms with E-state index < -0.39 is 0 Å². The molecule has 0 N–H and O–H groups in total. The zero-order valence-corrected chi connectivity index (χ0v) is 8.64. The van der Waals surface area contributed by atoms with Crippen molar-refractivity contribution in [3.05, 3.63) is 23.9 Å². The normalized spacial score (nSPS) is 11.7. The Morgan fingerprint density at radius 2 is 1.92 bits per heavy atom. The number of rotatable bonds is 5. The minimum Gasteiger partial charge on any atom is -0.516 e. The van der Waals surface area contributed by atoms with Gasteiger partial charge in [-0.2, -0.15) is 0 Å². The van der Waals surface area contributed by atoms with Gasteiger partial charge in [0.25, 0.3) is 5.95 Å². The first-order valence-electron chi connectivity index (χ1n) is 3.55. The molecule has 0 rings (SSSR count). The number of ether oxygens (including phenoxy) is 2. The lowest BCUT2D eigenvalue weighted by Crippen LogP contribution is -2.00. The van der Waals surface area contributed by atoms with Crippen LogP contribution in [-0.4, -0.2) is 24.7 Å². The molecule has 0 aliphatic heterocycles. The van der Waals surface area contributed by atoms with Gasteiger partial charge in [0.1, 0.15) is 5.76 Å². The van der Waals surface area contributed by atoms with Crippen LogP contribution in [0, 0.1) is 0 Å². The monoisotopic (exact) mass is 185 g/mol. The van der Waals surface area contributed by atoms with Crippen molar-refractivity contribution < 1.29 is 13.9 Å². The molecule has 0 aromatic rings. The topological polar surface area (TPSA) is 27.7 Å². The molecule has 0 saturated carbocycles. The summed E-state index contributed by atoms with van der Waals surface area (Å²) in [4.78, 5) is 0. The molecule has 3 radical (unpaired) electrons. The standard InChI is InChI=1S/C8H13O3Si/c1-5-7(6(2)9-3)8(10-4)11-12/h2,5H2,1,3-4H3/b8-7-. The summed E-state index contributed by atoms with van der Waals surface area (Å²) >= 11 is 0. The minimum absolute atomic E-state index is 0.376. The summed E-state index contributed by atoms with van der Waals surface area (Å²) in [5, 5.41) is 0. The molecule has 0 aromatic carbocycles. The molecule has 0 bridgehead atoms. The van der Waals surface area contributed by atoms with Gasteiger partial charge in [-0.15, -0.1) is 0 Å². The van der Waals surface area contributed by atoms with E-state index in [2.05, 4.69) is 17.1 Å². The van der Waals surface area contributed by atoms with Crippen LogP contribution in [0.4, 0.5) is 0 Å². The molecule has 0 aliphatic rings. The predicted molar refractivity (Wildman–Crippen MR) is 47.3 cm³/mol. The number of allylic oxidation sites excluding steroid dienone is 1. The lowest BCUT2D eigenvalue weighted by molar-refractivity contribution is 0.150. The van der Waals surface area contributed by atoms with Gasteiger partial charge >= 0.3 is 10.5 Å². The average molecular weight is 185 g/mol. The maximum absolute atomic E-state index is 4.95. The van der Waals surface area contributed by atoms with E-state index in [0.29, 0.717) is 11.7 Å².